The first kappa shape index (κ1) is 21.9. The highest BCUT2D eigenvalue weighted by Crippen LogP contribution is 2.30. The van der Waals surface area contributed by atoms with Crippen molar-refractivity contribution in [1.82, 2.24) is 9.21 Å². The van der Waals surface area contributed by atoms with E-state index in [0.29, 0.717) is 38.5 Å². The van der Waals surface area contributed by atoms with E-state index in [1.807, 2.05) is 25.9 Å². The predicted octanol–water partition coefficient (Wildman–Crippen LogP) is 1.59. The molecule has 0 aliphatic carbocycles. The molecule has 0 radical (unpaired) electrons. The molecule has 162 valence electrons. The molecule has 2 fully saturated rings. The third kappa shape index (κ3) is 5.21. The Bertz CT molecular complexity index is 822. The van der Waals surface area contributed by atoms with Crippen molar-refractivity contribution >= 4 is 27.3 Å². The van der Waals surface area contributed by atoms with Crippen molar-refractivity contribution in [3.8, 4) is 0 Å². The number of anilines is 2. The number of hydrogen-bond donors (Lipinski definition) is 1. The van der Waals surface area contributed by atoms with Gasteiger partial charge in [0.2, 0.25) is 15.9 Å². The van der Waals surface area contributed by atoms with E-state index >= 15 is 0 Å². The molecule has 29 heavy (non-hydrogen) atoms. The average Bonchev–Trinajstić information content (AvgIpc) is 2.72. The lowest BCUT2D eigenvalue weighted by Gasteiger charge is -2.31. The second-order valence-corrected chi connectivity index (χ2v) is 9.85. The highest BCUT2D eigenvalue weighted by atomic mass is 32.2. The van der Waals surface area contributed by atoms with E-state index in [-0.39, 0.29) is 23.5 Å². The van der Waals surface area contributed by atoms with E-state index in [0.717, 1.165) is 24.9 Å². The third-order valence-electron chi connectivity index (χ3n) is 5.43. The maximum Gasteiger partial charge on any atom is 0.243 e. The molecule has 2 saturated heterocycles. The Hall–Kier alpha value is -1.84. The van der Waals surface area contributed by atoms with Crippen molar-refractivity contribution in [2.45, 2.75) is 37.2 Å². The number of amides is 1. The Morgan fingerprint density at radius 1 is 1.21 bits per heavy atom. The van der Waals surface area contributed by atoms with Crippen molar-refractivity contribution in [3.63, 3.8) is 0 Å². The average molecular weight is 425 g/mol. The Labute approximate surface area is 173 Å². The summed E-state index contributed by atoms with van der Waals surface area (Å²) >= 11 is 0. The van der Waals surface area contributed by atoms with Crippen LogP contribution in [0, 0.1) is 0 Å². The van der Waals surface area contributed by atoms with Crippen LogP contribution in [0.1, 0.15) is 26.2 Å². The van der Waals surface area contributed by atoms with Crippen LogP contribution in [-0.4, -0.2) is 83.1 Å². The van der Waals surface area contributed by atoms with Crippen LogP contribution in [0.5, 0.6) is 0 Å². The van der Waals surface area contributed by atoms with E-state index in [1.165, 1.54) is 0 Å². The van der Waals surface area contributed by atoms with Crippen molar-refractivity contribution in [2.24, 2.45) is 0 Å². The topological polar surface area (TPSA) is 82.2 Å². The van der Waals surface area contributed by atoms with Crippen molar-refractivity contribution in [1.29, 1.82) is 0 Å². The van der Waals surface area contributed by atoms with E-state index < -0.39 is 10.0 Å². The number of piperidine rings is 1. The van der Waals surface area contributed by atoms with Crippen LogP contribution in [0.15, 0.2) is 23.1 Å². The fourth-order valence-electron chi connectivity index (χ4n) is 3.79. The fourth-order valence-corrected chi connectivity index (χ4v) is 5.33. The van der Waals surface area contributed by atoms with Gasteiger partial charge in [0, 0.05) is 40.3 Å². The molecule has 1 unspecified atom stereocenters. The number of morpholine rings is 1. The van der Waals surface area contributed by atoms with E-state index in [2.05, 4.69) is 5.32 Å². The molecule has 1 N–H and O–H groups in total. The van der Waals surface area contributed by atoms with E-state index in [1.54, 1.807) is 27.4 Å². The fraction of sp³-hybridized carbons (Fsp3) is 0.650. The first-order valence-corrected chi connectivity index (χ1v) is 11.7. The SMILES string of the molecule is CC1CN(C(=O)CNc2cc(S(=O)(=O)N3CCCCC3)ccc2N(C)C)CCO1. The van der Waals surface area contributed by atoms with Gasteiger partial charge in [-0.1, -0.05) is 6.42 Å². The van der Waals surface area contributed by atoms with Crippen LogP contribution in [0.3, 0.4) is 0 Å². The van der Waals surface area contributed by atoms with E-state index in [4.69, 9.17) is 4.74 Å². The summed E-state index contributed by atoms with van der Waals surface area (Å²) < 4.78 is 33.1. The lowest BCUT2D eigenvalue weighted by Crippen LogP contribution is -2.46. The Morgan fingerprint density at radius 2 is 1.93 bits per heavy atom. The summed E-state index contributed by atoms with van der Waals surface area (Å²) in [6.45, 7) is 4.88. The maximum atomic E-state index is 13.0. The summed E-state index contributed by atoms with van der Waals surface area (Å²) in [6.07, 6.45) is 2.89. The van der Waals surface area contributed by atoms with Gasteiger partial charge in [-0.05, 0) is 38.0 Å². The van der Waals surface area contributed by atoms with Gasteiger partial charge in [-0.15, -0.1) is 0 Å². The summed E-state index contributed by atoms with van der Waals surface area (Å²) in [5.74, 6) is -0.0193. The van der Waals surface area contributed by atoms with Gasteiger partial charge in [-0.25, -0.2) is 8.42 Å². The minimum atomic E-state index is -3.53. The van der Waals surface area contributed by atoms with Gasteiger partial charge in [0.1, 0.15) is 0 Å². The third-order valence-corrected chi connectivity index (χ3v) is 7.32. The highest BCUT2D eigenvalue weighted by molar-refractivity contribution is 7.89. The lowest BCUT2D eigenvalue weighted by molar-refractivity contribution is -0.136. The number of nitrogens with zero attached hydrogens (tertiary/aromatic N) is 3. The summed E-state index contributed by atoms with van der Waals surface area (Å²) in [5.41, 5.74) is 1.48. The van der Waals surface area contributed by atoms with Crippen molar-refractivity contribution < 1.29 is 17.9 Å². The molecule has 1 aromatic rings. The van der Waals surface area contributed by atoms with Crippen LogP contribution in [0.25, 0.3) is 0 Å². The highest BCUT2D eigenvalue weighted by Gasteiger charge is 2.27. The van der Waals surface area contributed by atoms with Crippen LogP contribution >= 0.6 is 0 Å². The molecule has 8 nitrogen and oxygen atoms in total. The van der Waals surface area contributed by atoms with Gasteiger partial charge < -0.3 is 19.9 Å². The minimum absolute atomic E-state index is 0.0193. The van der Waals surface area contributed by atoms with Gasteiger partial charge in [-0.3, -0.25) is 4.79 Å². The first-order valence-electron chi connectivity index (χ1n) is 10.2. The van der Waals surface area contributed by atoms with Gasteiger partial charge in [0.15, 0.2) is 0 Å². The van der Waals surface area contributed by atoms with Gasteiger partial charge in [-0.2, -0.15) is 4.31 Å². The lowest BCUT2D eigenvalue weighted by atomic mass is 10.2. The molecule has 1 amide bonds. The number of nitrogens with one attached hydrogen (secondary N) is 1. The summed E-state index contributed by atoms with van der Waals surface area (Å²) in [6, 6.07) is 5.09. The molecule has 0 aromatic heterocycles. The molecule has 3 rings (SSSR count). The van der Waals surface area contributed by atoms with Crippen LogP contribution in [0.4, 0.5) is 11.4 Å². The zero-order valence-electron chi connectivity index (χ0n) is 17.6. The van der Waals surface area contributed by atoms with Crippen molar-refractivity contribution in [2.75, 3.05) is 63.6 Å². The number of carbonyl (C=O) groups excluding carboxylic acids is 1. The standard InChI is InChI=1S/C20H32N4O4S/c1-16-15-23(11-12-28-16)20(25)14-21-18-13-17(7-8-19(18)22(2)3)29(26,27)24-9-5-4-6-10-24/h7-8,13,16,21H,4-6,9-12,14-15H2,1-3H3. The Morgan fingerprint density at radius 3 is 2.59 bits per heavy atom. The Kier molecular flexibility index (Phi) is 7.02. The monoisotopic (exact) mass is 424 g/mol. The number of ether oxygens (including phenoxy) is 1. The summed E-state index contributed by atoms with van der Waals surface area (Å²) in [4.78, 5) is 16.5. The molecule has 1 atom stereocenters. The molecule has 9 heteroatoms. The van der Waals surface area contributed by atoms with Crippen LogP contribution < -0.4 is 10.2 Å². The largest absolute Gasteiger partial charge is 0.376 e. The number of carbonyl (C=O) groups is 1. The molecule has 2 aliphatic heterocycles. The summed E-state index contributed by atoms with van der Waals surface area (Å²) in [5, 5.41) is 3.17. The van der Waals surface area contributed by atoms with Gasteiger partial charge in [0.25, 0.3) is 0 Å². The van der Waals surface area contributed by atoms with Crippen LogP contribution in [0.2, 0.25) is 0 Å². The van der Waals surface area contributed by atoms with Gasteiger partial charge in [0.05, 0.1) is 35.5 Å². The molecule has 0 bridgehead atoms. The Balaban J connectivity index is 1.77. The second-order valence-electron chi connectivity index (χ2n) is 7.91. The molecule has 0 saturated carbocycles. The normalized spacial score (nSPS) is 21.1. The van der Waals surface area contributed by atoms with Gasteiger partial charge >= 0.3 is 0 Å². The zero-order chi connectivity index (χ0) is 21.0. The predicted molar refractivity (Wildman–Crippen MR) is 114 cm³/mol. The number of benzene rings is 1. The smallest absolute Gasteiger partial charge is 0.243 e. The van der Waals surface area contributed by atoms with Crippen LogP contribution in [-0.2, 0) is 19.6 Å². The number of sulfonamides is 1. The quantitative estimate of drug-likeness (QED) is 0.747. The van der Waals surface area contributed by atoms with E-state index in [9.17, 15) is 13.2 Å². The molecule has 0 spiro atoms. The second kappa shape index (κ2) is 9.32. The molecule has 1 aromatic carbocycles. The maximum absolute atomic E-state index is 13.0. The number of rotatable bonds is 6. The number of hydrogen-bond acceptors (Lipinski definition) is 6. The molecule has 2 aliphatic rings. The summed E-state index contributed by atoms with van der Waals surface area (Å²) in [7, 11) is 0.257. The molecular weight excluding hydrogens is 392 g/mol. The minimum Gasteiger partial charge on any atom is -0.376 e. The molecule has 2 heterocycles. The van der Waals surface area contributed by atoms with Crippen molar-refractivity contribution in [3.05, 3.63) is 18.2 Å². The zero-order valence-corrected chi connectivity index (χ0v) is 18.4. The first-order chi connectivity index (χ1) is 13.8. The molecular formula is C20H32N4O4S.